The Hall–Kier alpha value is -5.46. The molecule has 63 heavy (non-hydrogen) atoms. The summed E-state index contributed by atoms with van der Waals surface area (Å²) >= 11 is 6.26. The molecule has 2 aliphatic carbocycles. The minimum atomic E-state index is -0.696. The lowest BCUT2D eigenvalue weighted by atomic mass is 9.49. The quantitative estimate of drug-likeness (QED) is 0.194. The summed E-state index contributed by atoms with van der Waals surface area (Å²) in [5.41, 5.74) is 1.05. The van der Waals surface area contributed by atoms with E-state index in [1.807, 2.05) is 0 Å². The van der Waals surface area contributed by atoms with Gasteiger partial charge in [-0.2, -0.15) is 5.26 Å². The highest BCUT2D eigenvalue weighted by Gasteiger charge is 2.64. The number of ether oxygens (including phenoxy) is 3. The number of benzene rings is 2. The summed E-state index contributed by atoms with van der Waals surface area (Å²) in [5, 5.41) is 15.1. The Morgan fingerprint density at radius 1 is 1.03 bits per heavy atom. The van der Waals surface area contributed by atoms with Gasteiger partial charge in [0.1, 0.15) is 41.6 Å². The summed E-state index contributed by atoms with van der Waals surface area (Å²) in [6.45, 7) is 15.7. The van der Waals surface area contributed by atoms with Gasteiger partial charge in [-0.15, -0.1) is 0 Å². The zero-order valence-corrected chi connectivity index (χ0v) is 37.8. The van der Waals surface area contributed by atoms with Gasteiger partial charge in [0.05, 0.1) is 36.6 Å². The van der Waals surface area contributed by atoms with E-state index in [0.717, 1.165) is 51.1 Å². The van der Waals surface area contributed by atoms with Crippen LogP contribution in [0.3, 0.4) is 0 Å². The molecule has 2 saturated carbocycles. The first-order valence-corrected chi connectivity index (χ1v) is 22.4. The van der Waals surface area contributed by atoms with Crippen molar-refractivity contribution in [2.45, 2.75) is 123 Å². The molecule has 1 aromatic heterocycles. The molecule has 1 atom stereocenters. The van der Waals surface area contributed by atoms with Crippen LogP contribution in [0.25, 0.3) is 0 Å². The predicted octanol–water partition coefficient (Wildman–Crippen LogP) is 5.92. The number of nitrogens with one attached hydrogen (secondary N) is 2. The second kappa shape index (κ2) is 17.3. The third-order valence-electron chi connectivity index (χ3n) is 14.0. The number of aromatic nitrogens is 2. The van der Waals surface area contributed by atoms with Crippen molar-refractivity contribution in [3.63, 3.8) is 0 Å². The minimum absolute atomic E-state index is 0.00907. The number of rotatable bonds is 13. The Bertz CT molecular complexity index is 2300. The van der Waals surface area contributed by atoms with Crippen molar-refractivity contribution in [1.29, 1.82) is 5.26 Å². The number of piperidine rings is 2. The van der Waals surface area contributed by atoms with Crippen LogP contribution < -0.4 is 29.7 Å². The van der Waals surface area contributed by atoms with Gasteiger partial charge < -0.3 is 29.3 Å². The van der Waals surface area contributed by atoms with Crippen molar-refractivity contribution in [1.82, 2.24) is 30.4 Å². The van der Waals surface area contributed by atoms with Gasteiger partial charge in [-0.3, -0.25) is 29.4 Å². The lowest BCUT2D eigenvalue weighted by Gasteiger charge is -2.63. The smallest absolute Gasteiger partial charge is 0.271 e. The Morgan fingerprint density at radius 2 is 1.76 bits per heavy atom. The molecule has 2 N–H and O–H groups in total. The Kier molecular flexibility index (Phi) is 12.1. The lowest BCUT2D eigenvalue weighted by molar-refractivity contribution is -0.164. The molecule has 4 amide bonds. The number of fused-ring (bicyclic) bond motifs is 1. The van der Waals surface area contributed by atoms with Crippen LogP contribution in [0, 0.1) is 28.1 Å². The number of nitriles is 1. The third-order valence-corrected chi connectivity index (χ3v) is 14.4. The maximum absolute atomic E-state index is 13.5. The minimum Gasteiger partial charge on any atom is -0.492 e. The fourth-order valence-corrected chi connectivity index (χ4v) is 11.0. The number of hydrogen-bond acceptors (Lipinski definition) is 12. The van der Waals surface area contributed by atoms with Crippen LogP contribution in [-0.4, -0.2) is 107 Å². The fraction of sp³-hybridized carbons (Fsp3) is 0.553. The first-order valence-electron chi connectivity index (χ1n) is 22.0. The van der Waals surface area contributed by atoms with E-state index in [1.54, 1.807) is 49.8 Å². The summed E-state index contributed by atoms with van der Waals surface area (Å²) in [5.74, 6) is 1.69. The maximum atomic E-state index is 13.5. The van der Waals surface area contributed by atoms with E-state index < -0.39 is 22.8 Å². The topological polar surface area (TPSA) is 179 Å². The van der Waals surface area contributed by atoms with Crippen LogP contribution in [0.2, 0.25) is 5.02 Å². The maximum Gasteiger partial charge on any atom is 0.271 e. The number of amides is 4. The summed E-state index contributed by atoms with van der Waals surface area (Å²) < 4.78 is 18.7. The molecule has 2 saturated heterocycles. The van der Waals surface area contributed by atoms with Crippen LogP contribution >= 0.6 is 11.6 Å². The number of hydrogen-bond donors (Lipinski definition) is 2. The van der Waals surface area contributed by atoms with Crippen LogP contribution in [0.5, 0.6) is 17.2 Å². The van der Waals surface area contributed by atoms with Crippen molar-refractivity contribution < 1.29 is 33.4 Å². The summed E-state index contributed by atoms with van der Waals surface area (Å²) in [6, 6.07) is 10.5. The van der Waals surface area contributed by atoms with E-state index in [-0.39, 0.29) is 54.6 Å². The number of carbonyl (C=O) groups excluding carboxylic acids is 4. The highest BCUT2D eigenvalue weighted by Crippen LogP contribution is 2.55. The average Bonchev–Trinajstić information content (AvgIpc) is 3.57. The number of carbonyl (C=O) groups is 4. The van der Waals surface area contributed by atoms with Crippen LogP contribution in [-0.2, 0) is 16.1 Å². The zero-order chi connectivity index (χ0) is 45.0. The van der Waals surface area contributed by atoms with Gasteiger partial charge in [0.2, 0.25) is 11.8 Å². The highest BCUT2D eigenvalue weighted by molar-refractivity contribution is 6.31. The van der Waals surface area contributed by atoms with Crippen molar-refractivity contribution in [3.8, 4) is 23.3 Å². The molecule has 3 aliphatic heterocycles. The van der Waals surface area contributed by atoms with E-state index in [9.17, 15) is 24.4 Å². The second-order valence-corrected chi connectivity index (χ2v) is 19.6. The summed E-state index contributed by atoms with van der Waals surface area (Å²) in [6.07, 6.45) is 7.35. The number of nitrogens with zero attached hydrogens (tertiary/aromatic N) is 6. The number of anilines is 1. The molecule has 4 heterocycles. The van der Waals surface area contributed by atoms with Crippen LogP contribution in [0.1, 0.15) is 112 Å². The van der Waals surface area contributed by atoms with E-state index in [4.69, 9.17) is 25.8 Å². The molecule has 0 spiro atoms. The Balaban J connectivity index is 0.804. The molecule has 16 heteroatoms. The van der Waals surface area contributed by atoms with Crippen molar-refractivity contribution in [2.75, 3.05) is 31.6 Å². The largest absolute Gasteiger partial charge is 0.492 e. The zero-order valence-electron chi connectivity index (χ0n) is 37.1. The van der Waals surface area contributed by atoms with Crippen molar-refractivity contribution in [2.24, 2.45) is 16.7 Å². The first kappa shape index (κ1) is 44.2. The van der Waals surface area contributed by atoms with E-state index in [1.165, 1.54) is 4.90 Å². The third kappa shape index (κ3) is 8.40. The molecule has 334 valence electrons. The fourth-order valence-electron chi connectivity index (χ4n) is 10.8. The van der Waals surface area contributed by atoms with E-state index >= 15 is 0 Å². The van der Waals surface area contributed by atoms with Gasteiger partial charge in [0, 0.05) is 85.0 Å². The van der Waals surface area contributed by atoms with Gasteiger partial charge >= 0.3 is 0 Å². The molecule has 5 aliphatic rings. The van der Waals surface area contributed by atoms with E-state index in [2.05, 4.69) is 78.0 Å². The number of imide groups is 1. The summed E-state index contributed by atoms with van der Waals surface area (Å²) in [4.78, 5) is 66.7. The SMILES string of the molecule is COc1c(OC2CC(N(CC3CCN(c4cnc(C(=O)NC5C(C)(C)C(Oc6ccc(C#N)c(Cl)c6)C5(C)C)cn4)CC3)C(C)C)C2)ccc2c1CN(C1CCC(=O)NC1=O)C2=O. The molecule has 8 rings (SSSR count). The predicted molar refractivity (Wildman–Crippen MR) is 235 cm³/mol. The van der Waals surface area contributed by atoms with Crippen LogP contribution in [0.15, 0.2) is 42.7 Å². The van der Waals surface area contributed by atoms with Gasteiger partial charge in [-0.05, 0) is 63.3 Å². The average molecular weight is 881 g/mol. The van der Waals surface area contributed by atoms with Crippen molar-refractivity contribution in [3.05, 3.63) is 70.1 Å². The molecule has 4 fully saturated rings. The van der Waals surface area contributed by atoms with Gasteiger partial charge in [0.25, 0.3) is 11.8 Å². The standard InChI is InChI=1S/C47H57ClN8O7/c1-26(2)55(29-18-31(19-29)62-37-12-10-32-33(40(37)61-7)25-56(43(32)60)36-11-13-39(57)52-42(36)59)24-27-14-16-54(17-15-27)38-23-50-35(22-51-38)41(58)53-44-46(3,4)45(47(44,5)6)63-30-9-8-28(21-49)34(48)20-30/h8-10,12,20,22-23,26-27,29,31,36,44-45H,11,13-19,24-25H2,1-7H3,(H,53,58)(H,52,57,59). The molecular weight excluding hydrogens is 824 g/mol. The monoisotopic (exact) mass is 880 g/mol. The van der Waals surface area contributed by atoms with Gasteiger partial charge in [-0.1, -0.05) is 39.3 Å². The lowest BCUT2D eigenvalue weighted by Crippen LogP contribution is -2.74. The molecule has 3 aromatic rings. The van der Waals surface area contributed by atoms with Gasteiger partial charge in [0.15, 0.2) is 11.5 Å². The Labute approximate surface area is 373 Å². The first-order chi connectivity index (χ1) is 30.0. The number of methoxy groups -OCH3 is 1. The molecule has 2 aromatic carbocycles. The van der Waals surface area contributed by atoms with Gasteiger partial charge in [-0.25, -0.2) is 9.97 Å². The number of halogens is 1. The van der Waals surface area contributed by atoms with Crippen molar-refractivity contribution >= 4 is 41.0 Å². The molecule has 1 unspecified atom stereocenters. The molecule has 0 radical (unpaired) electrons. The molecular formula is C47H57ClN8O7. The Morgan fingerprint density at radius 3 is 2.38 bits per heavy atom. The molecule has 15 nitrogen and oxygen atoms in total. The van der Waals surface area contributed by atoms with Crippen LogP contribution in [0.4, 0.5) is 5.82 Å². The molecule has 0 bridgehead atoms. The summed E-state index contributed by atoms with van der Waals surface area (Å²) in [7, 11) is 1.57. The second-order valence-electron chi connectivity index (χ2n) is 19.2. The highest BCUT2D eigenvalue weighted by atomic mass is 35.5. The normalized spacial score (nSPS) is 25.2. The van der Waals surface area contributed by atoms with E-state index in [0.29, 0.717) is 63.4 Å².